The number of carbonyl (C=O) groups is 1. The van der Waals surface area contributed by atoms with Crippen molar-refractivity contribution in [1.29, 1.82) is 0 Å². The number of alkyl carbamates (subject to hydrolysis) is 1. The summed E-state index contributed by atoms with van der Waals surface area (Å²) < 4.78 is 11.1. The number of rotatable bonds is 8. The molecule has 0 saturated heterocycles. The van der Waals surface area contributed by atoms with Crippen LogP contribution < -0.4 is 10.1 Å². The Morgan fingerprint density at radius 3 is 2.29 bits per heavy atom. The normalized spacial score (nSPS) is 11.5. The second-order valence-corrected chi connectivity index (χ2v) is 6.69. The van der Waals surface area contributed by atoms with Gasteiger partial charge in [-0.3, -0.25) is 0 Å². The van der Waals surface area contributed by atoms with Crippen molar-refractivity contribution in [3.63, 3.8) is 0 Å². The first kappa shape index (κ1) is 19.5. The van der Waals surface area contributed by atoms with Crippen molar-refractivity contribution in [2.24, 2.45) is 0 Å². The maximum atomic E-state index is 12.0. The summed E-state index contributed by atoms with van der Waals surface area (Å²) in [5.41, 5.74) is 3.18. The third-order valence-electron chi connectivity index (χ3n) is 4.44. The Hall–Kier alpha value is -3.27. The number of nitrogens with one attached hydrogen (secondary N) is 1. The lowest BCUT2D eigenvalue weighted by atomic mass is 10.0. The van der Waals surface area contributed by atoms with Crippen LogP contribution in [-0.2, 0) is 18.0 Å². The van der Waals surface area contributed by atoms with Crippen LogP contribution in [0.3, 0.4) is 0 Å². The van der Waals surface area contributed by atoms with Gasteiger partial charge in [-0.2, -0.15) is 0 Å². The molecule has 1 N–H and O–H groups in total. The van der Waals surface area contributed by atoms with Crippen molar-refractivity contribution in [2.75, 3.05) is 6.54 Å². The Morgan fingerprint density at radius 2 is 1.54 bits per heavy atom. The molecule has 144 valence electrons. The minimum atomic E-state index is -0.418. The average Bonchev–Trinajstić information content (AvgIpc) is 2.76. The van der Waals surface area contributed by atoms with Crippen LogP contribution in [0.25, 0.3) is 0 Å². The molecule has 0 radical (unpaired) electrons. The summed E-state index contributed by atoms with van der Waals surface area (Å²) in [6, 6.07) is 27.7. The first-order chi connectivity index (χ1) is 13.7. The standard InChI is InChI=1S/C24H25NO3/c1-19(22-12-6-3-7-13-22)16-25-24(26)28-18-21-11-8-14-23(15-21)27-17-20-9-4-2-5-10-20/h2-15,19H,16-18H2,1H3,(H,25,26). The summed E-state index contributed by atoms with van der Waals surface area (Å²) in [5, 5.41) is 2.82. The van der Waals surface area contributed by atoms with Crippen LogP contribution in [0.15, 0.2) is 84.9 Å². The minimum Gasteiger partial charge on any atom is -0.489 e. The van der Waals surface area contributed by atoms with Gasteiger partial charge in [-0.15, -0.1) is 0 Å². The molecule has 1 atom stereocenters. The molecular formula is C24H25NO3. The molecule has 0 aliphatic rings. The quantitative estimate of drug-likeness (QED) is 0.581. The lowest BCUT2D eigenvalue weighted by molar-refractivity contribution is 0.139. The second-order valence-electron chi connectivity index (χ2n) is 6.69. The summed E-state index contributed by atoms with van der Waals surface area (Å²) in [5.74, 6) is 0.978. The molecule has 0 aliphatic carbocycles. The third kappa shape index (κ3) is 6.16. The van der Waals surface area contributed by atoms with Gasteiger partial charge in [0.05, 0.1) is 0 Å². The van der Waals surface area contributed by atoms with E-state index in [1.807, 2.05) is 72.8 Å². The number of carbonyl (C=O) groups excluding carboxylic acids is 1. The molecule has 1 amide bonds. The van der Waals surface area contributed by atoms with Crippen molar-refractivity contribution in [3.8, 4) is 5.75 Å². The maximum Gasteiger partial charge on any atom is 0.407 e. The Kier molecular flexibility index (Phi) is 7.08. The summed E-state index contributed by atoms with van der Waals surface area (Å²) in [4.78, 5) is 12.0. The summed E-state index contributed by atoms with van der Waals surface area (Å²) in [6.45, 7) is 3.31. The van der Waals surface area contributed by atoms with Crippen LogP contribution in [0.2, 0.25) is 0 Å². The van der Waals surface area contributed by atoms with E-state index >= 15 is 0 Å². The Morgan fingerprint density at radius 1 is 0.857 bits per heavy atom. The highest BCUT2D eigenvalue weighted by Crippen LogP contribution is 2.16. The molecule has 0 saturated carbocycles. The molecule has 1 unspecified atom stereocenters. The summed E-state index contributed by atoms with van der Waals surface area (Å²) in [7, 11) is 0. The first-order valence-electron chi connectivity index (χ1n) is 9.42. The van der Waals surface area contributed by atoms with Gasteiger partial charge >= 0.3 is 6.09 Å². The number of ether oxygens (including phenoxy) is 2. The SMILES string of the molecule is CC(CNC(=O)OCc1cccc(OCc2ccccc2)c1)c1ccccc1. The molecule has 3 rings (SSSR count). The Balaban J connectivity index is 1.43. The summed E-state index contributed by atoms with van der Waals surface area (Å²) >= 11 is 0. The molecule has 4 heteroatoms. The highest BCUT2D eigenvalue weighted by atomic mass is 16.5. The van der Waals surface area contributed by atoms with Crippen molar-refractivity contribution in [2.45, 2.75) is 26.1 Å². The van der Waals surface area contributed by atoms with E-state index in [9.17, 15) is 4.79 Å². The third-order valence-corrected chi connectivity index (χ3v) is 4.44. The highest BCUT2D eigenvalue weighted by Gasteiger charge is 2.08. The first-order valence-corrected chi connectivity index (χ1v) is 9.42. The van der Waals surface area contributed by atoms with Crippen molar-refractivity contribution in [3.05, 3.63) is 102 Å². The van der Waals surface area contributed by atoms with Crippen LogP contribution in [-0.4, -0.2) is 12.6 Å². The van der Waals surface area contributed by atoms with Crippen LogP contribution in [0.1, 0.15) is 29.5 Å². The molecule has 0 bridgehead atoms. The van der Waals surface area contributed by atoms with E-state index < -0.39 is 6.09 Å². The number of amides is 1. The Bertz CT molecular complexity index is 865. The van der Waals surface area contributed by atoms with E-state index in [0.717, 1.165) is 16.9 Å². The summed E-state index contributed by atoms with van der Waals surface area (Å²) in [6.07, 6.45) is -0.418. The van der Waals surface area contributed by atoms with Crippen molar-refractivity contribution in [1.82, 2.24) is 5.32 Å². The topological polar surface area (TPSA) is 47.6 Å². The van der Waals surface area contributed by atoms with Gasteiger partial charge < -0.3 is 14.8 Å². The van der Waals surface area contributed by atoms with Gasteiger partial charge in [-0.25, -0.2) is 4.79 Å². The van der Waals surface area contributed by atoms with Gasteiger partial charge in [0, 0.05) is 6.54 Å². The molecule has 28 heavy (non-hydrogen) atoms. The molecule has 0 aromatic heterocycles. The van der Waals surface area contributed by atoms with E-state index in [4.69, 9.17) is 9.47 Å². The zero-order valence-corrected chi connectivity index (χ0v) is 16.0. The van der Waals surface area contributed by atoms with Crippen LogP contribution in [0, 0.1) is 0 Å². The smallest absolute Gasteiger partial charge is 0.407 e. The van der Waals surface area contributed by atoms with E-state index in [1.165, 1.54) is 5.56 Å². The van der Waals surface area contributed by atoms with Crippen LogP contribution >= 0.6 is 0 Å². The molecule has 3 aromatic carbocycles. The van der Waals surface area contributed by atoms with Gasteiger partial charge in [0.15, 0.2) is 0 Å². The molecule has 0 spiro atoms. The van der Waals surface area contributed by atoms with Gasteiger partial charge in [-0.1, -0.05) is 79.7 Å². The van der Waals surface area contributed by atoms with E-state index in [1.54, 1.807) is 0 Å². The molecule has 4 nitrogen and oxygen atoms in total. The zero-order valence-electron chi connectivity index (χ0n) is 16.0. The van der Waals surface area contributed by atoms with Crippen molar-refractivity contribution >= 4 is 6.09 Å². The lowest BCUT2D eigenvalue weighted by Crippen LogP contribution is -2.28. The van der Waals surface area contributed by atoms with E-state index in [0.29, 0.717) is 13.2 Å². The van der Waals surface area contributed by atoms with E-state index in [2.05, 4.69) is 24.4 Å². The monoisotopic (exact) mass is 375 g/mol. The number of benzene rings is 3. The van der Waals surface area contributed by atoms with Crippen LogP contribution in [0.5, 0.6) is 5.75 Å². The van der Waals surface area contributed by atoms with Gasteiger partial charge in [-0.05, 0) is 34.7 Å². The fourth-order valence-electron chi connectivity index (χ4n) is 2.80. The van der Waals surface area contributed by atoms with E-state index in [-0.39, 0.29) is 12.5 Å². The minimum absolute atomic E-state index is 0.202. The molecule has 0 heterocycles. The van der Waals surface area contributed by atoms with Gasteiger partial charge in [0.2, 0.25) is 0 Å². The average molecular weight is 375 g/mol. The molecule has 0 fully saturated rings. The zero-order chi connectivity index (χ0) is 19.6. The van der Waals surface area contributed by atoms with Crippen LogP contribution in [0.4, 0.5) is 4.79 Å². The lowest BCUT2D eigenvalue weighted by Gasteiger charge is -2.13. The number of hydrogen-bond acceptors (Lipinski definition) is 3. The molecule has 0 aliphatic heterocycles. The molecule has 3 aromatic rings. The second kappa shape index (κ2) is 10.2. The number of hydrogen-bond donors (Lipinski definition) is 1. The maximum absolute atomic E-state index is 12.0. The largest absolute Gasteiger partial charge is 0.489 e. The van der Waals surface area contributed by atoms with Gasteiger partial charge in [0.25, 0.3) is 0 Å². The Labute approximate surface area is 166 Å². The van der Waals surface area contributed by atoms with Gasteiger partial charge in [0.1, 0.15) is 19.0 Å². The fourth-order valence-corrected chi connectivity index (χ4v) is 2.80. The predicted molar refractivity (Wildman–Crippen MR) is 110 cm³/mol. The van der Waals surface area contributed by atoms with Crippen molar-refractivity contribution < 1.29 is 14.3 Å². The highest BCUT2D eigenvalue weighted by molar-refractivity contribution is 5.67. The fraction of sp³-hybridized carbons (Fsp3) is 0.208. The molecular weight excluding hydrogens is 350 g/mol. The predicted octanol–water partition coefficient (Wildman–Crippen LogP) is 5.30.